The molecule has 1 unspecified atom stereocenters. The summed E-state index contributed by atoms with van der Waals surface area (Å²) in [4.78, 5) is 13.3. The molecule has 154 valence electrons. The molecule has 0 fully saturated rings. The minimum absolute atomic E-state index is 0.0682. The fraction of sp³-hybridized carbons (Fsp3) is 0.167. The largest absolute Gasteiger partial charge is 0.497 e. The van der Waals surface area contributed by atoms with Crippen molar-refractivity contribution in [1.82, 2.24) is 20.0 Å². The highest BCUT2D eigenvalue weighted by Crippen LogP contribution is 2.33. The Balaban J connectivity index is 1.47. The van der Waals surface area contributed by atoms with Gasteiger partial charge in [-0.15, -0.1) is 5.10 Å². The summed E-state index contributed by atoms with van der Waals surface area (Å²) in [5, 5.41) is 14.6. The first-order valence-electron chi connectivity index (χ1n) is 10.1. The van der Waals surface area contributed by atoms with Gasteiger partial charge in [0.25, 0.3) is 5.91 Å². The van der Waals surface area contributed by atoms with E-state index in [1.807, 2.05) is 78.9 Å². The second kappa shape index (κ2) is 8.02. The van der Waals surface area contributed by atoms with Gasteiger partial charge >= 0.3 is 0 Å². The van der Waals surface area contributed by atoms with Crippen molar-refractivity contribution in [2.75, 3.05) is 7.11 Å². The Morgan fingerprint density at radius 2 is 1.74 bits per heavy atom. The third-order valence-corrected chi connectivity index (χ3v) is 5.48. The Hall–Kier alpha value is -4.00. The minimum Gasteiger partial charge on any atom is -0.497 e. The van der Waals surface area contributed by atoms with Gasteiger partial charge in [0, 0.05) is 6.42 Å². The van der Waals surface area contributed by atoms with E-state index in [9.17, 15) is 4.79 Å². The van der Waals surface area contributed by atoms with Gasteiger partial charge in [0.05, 0.1) is 24.4 Å². The molecule has 7 heteroatoms. The zero-order valence-electron chi connectivity index (χ0n) is 17.0. The second-order valence-electron chi connectivity index (χ2n) is 7.38. The van der Waals surface area contributed by atoms with Crippen LogP contribution in [0.2, 0.25) is 0 Å². The molecule has 1 aromatic heterocycles. The number of amides is 1. The quantitative estimate of drug-likeness (QED) is 0.501. The SMILES string of the molecule is COc1ccc(C2CC(c3ccccc3)=NN2C(=O)Cn2nnc3ccccc32)cc1. The summed E-state index contributed by atoms with van der Waals surface area (Å²) in [5.74, 6) is 0.639. The van der Waals surface area contributed by atoms with E-state index in [0.29, 0.717) is 6.42 Å². The fourth-order valence-electron chi connectivity index (χ4n) is 3.87. The number of aromatic nitrogens is 3. The molecule has 3 aromatic carbocycles. The van der Waals surface area contributed by atoms with Gasteiger partial charge in [0.2, 0.25) is 0 Å². The summed E-state index contributed by atoms with van der Waals surface area (Å²) in [5.41, 5.74) is 4.49. The lowest BCUT2D eigenvalue weighted by Crippen LogP contribution is -2.30. The van der Waals surface area contributed by atoms with Crippen molar-refractivity contribution in [2.24, 2.45) is 5.10 Å². The van der Waals surface area contributed by atoms with Crippen LogP contribution < -0.4 is 4.74 Å². The number of methoxy groups -OCH3 is 1. The third-order valence-electron chi connectivity index (χ3n) is 5.48. The van der Waals surface area contributed by atoms with Gasteiger partial charge in [-0.25, -0.2) is 9.69 Å². The topological polar surface area (TPSA) is 72.6 Å². The molecule has 1 aliphatic heterocycles. The zero-order chi connectivity index (χ0) is 21.2. The first-order valence-corrected chi connectivity index (χ1v) is 10.1. The van der Waals surface area contributed by atoms with Crippen molar-refractivity contribution in [3.63, 3.8) is 0 Å². The smallest absolute Gasteiger partial charge is 0.265 e. The van der Waals surface area contributed by atoms with Crippen molar-refractivity contribution in [1.29, 1.82) is 0 Å². The molecule has 7 nitrogen and oxygen atoms in total. The van der Waals surface area contributed by atoms with Gasteiger partial charge in [0.15, 0.2) is 0 Å². The Morgan fingerprint density at radius 3 is 2.52 bits per heavy atom. The van der Waals surface area contributed by atoms with E-state index >= 15 is 0 Å². The van der Waals surface area contributed by atoms with Crippen LogP contribution in [0.15, 0.2) is 84.0 Å². The first kappa shape index (κ1) is 19.0. The number of ether oxygens (including phenoxy) is 1. The van der Waals surface area contributed by atoms with Gasteiger partial charge in [-0.2, -0.15) is 5.10 Å². The van der Waals surface area contributed by atoms with Crippen LogP contribution in [-0.2, 0) is 11.3 Å². The summed E-state index contributed by atoms with van der Waals surface area (Å²) in [7, 11) is 1.64. The highest BCUT2D eigenvalue weighted by molar-refractivity contribution is 6.03. The lowest BCUT2D eigenvalue weighted by Gasteiger charge is -2.22. The lowest BCUT2D eigenvalue weighted by molar-refractivity contribution is -0.133. The molecule has 4 aromatic rings. The standard InChI is InChI=1S/C24H21N5O2/c1-31-19-13-11-18(12-14-19)23-15-21(17-7-3-2-4-8-17)26-29(23)24(30)16-28-22-10-6-5-9-20(22)25-27-28/h2-14,23H,15-16H2,1H3. The number of fused-ring (bicyclic) bond motifs is 1. The molecule has 0 aliphatic carbocycles. The highest BCUT2D eigenvalue weighted by atomic mass is 16.5. The summed E-state index contributed by atoms with van der Waals surface area (Å²) in [6.45, 7) is 0.0682. The maximum Gasteiger partial charge on any atom is 0.265 e. The molecule has 1 atom stereocenters. The number of nitrogens with zero attached hydrogens (tertiary/aromatic N) is 5. The van der Waals surface area contributed by atoms with Crippen LogP contribution in [0.5, 0.6) is 5.75 Å². The molecule has 2 heterocycles. The third kappa shape index (κ3) is 3.66. The summed E-state index contributed by atoms with van der Waals surface area (Å²) in [6.07, 6.45) is 0.639. The van der Waals surface area contributed by atoms with E-state index in [-0.39, 0.29) is 18.5 Å². The average Bonchev–Trinajstić information content (AvgIpc) is 3.45. The number of rotatable bonds is 5. The molecule has 1 amide bonds. The molecule has 0 N–H and O–H groups in total. The van der Waals surface area contributed by atoms with Crippen molar-refractivity contribution in [3.8, 4) is 5.75 Å². The Labute approximate surface area is 179 Å². The van der Waals surface area contributed by atoms with Gasteiger partial charge in [-0.1, -0.05) is 59.8 Å². The van der Waals surface area contributed by atoms with E-state index in [1.54, 1.807) is 16.8 Å². The number of benzene rings is 3. The average molecular weight is 411 g/mol. The number of carbonyl (C=O) groups excluding carboxylic acids is 1. The van der Waals surface area contributed by atoms with Crippen molar-refractivity contribution >= 4 is 22.7 Å². The predicted molar refractivity (Wildman–Crippen MR) is 118 cm³/mol. The first-order chi connectivity index (χ1) is 15.2. The van der Waals surface area contributed by atoms with Crippen LogP contribution in [0.3, 0.4) is 0 Å². The maximum atomic E-state index is 13.3. The second-order valence-corrected chi connectivity index (χ2v) is 7.38. The molecule has 0 spiro atoms. The monoisotopic (exact) mass is 411 g/mol. The van der Waals surface area contributed by atoms with Gasteiger partial charge < -0.3 is 4.74 Å². The molecule has 0 radical (unpaired) electrons. The number of hydrogen-bond acceptors (Lipinski definition) is 5. The Bertz CT molecular complexity index is 1250. The van der Waals surface area contributed by atoms with Crippen LogP contribution in [0.25, 0.3) is 11.0 Å². The molecule has 1 aliphatic rings. The van der Waals surface area contributed by atoms with Gasteiger partial charge in [0.1, 0.15) is 17.8 Å². The maximum absolute atomic E-state index is 13.3. The van der Waals surface area contributed by atoms with Gasteiger partial charge in [-0.05, 0) is 35.4 Å². The molecule has 5 rings (SSSR count). The summed E-state index contributed by atoms with van der Waals surface area (Å²) in [6, 6.07) is 25.2. The number of para-hydroxylation sites is 1. The Kier molecular flexibility index (Phi) is 4.92. The molecule has 0 bridgehead atoms. The van der Waals surface area contributed by atoms with Crippen LogP contribution in [-0.4, -0.2) is 38.7 Å². The van der Waals surface area contributed by atoms with Crippen molar-refractivity contribution < 1.29 is 9.53 Å². The van der Waals surface area contributed by atoms with Crippen LogP contribution in [0.1, 0.15) is 23.6 Å². The number of carbonyl (C=O) groups is 1. The van der Waals surface area contributed by atoms with E-state index in [2.05, 4.69) is 10.3 Å². The zero-order valence-corrected chi connectivity index (χ0v) is 17.0. The molecular weight excluding hydrogens is 390 g/mol. The van der Waals surface area contributed by atoms with E-state index in [1.165, 1.54) is 0 Å². The van der Waals surface area contributed by atoms with Crippen LogP contribution in [0.4, 0.5) is 0 Å². The molecular formula is C24H21N5O2. The van der Waals surface area contributed by atoms with Crippen LogP contribution >= 0.6 is 0 Å². The summed E-state index contributed by atoms with van der Waals surface area (Å²) < 4.78 is 6.90. The van der Waals surface area contributed by atoms with Crippen molar-refractivity contribution in [3.05, 3.63) is 90.0 Å². The fourth-order valence-corrected chi connectivity index (χ4v) is 3.87. The normalized spacial score (nSPS) is 15.8. The van der Waals surface area contributed by atoms with E-state index < -0.39 is 0 Å². The van der Waals surface area contributed by atoms with E-state index in [4.69, 9.17) is 9.84 Å². The Morgan fingerprint density at radius 1 is 1.00 bits per heavy atom. The summed E-state index contributed by atoms with van der Waals surface area (Å²) >= 11 is 0. The molecule has 0 saturated heterocycles. The van der Waals surface area contributed by atoms with Gasteiger partial charge in [-0.3, -0.25) is 4.79 Å². The number of hydrogen-bond donors (Lipinski definition) is 0. The number of hydrazone groups is 1. The lowest BCUT2D eigenvalue weighted by atomic mass is 9.98. The highest BCUT2D eigenvalue weighted by Gasteiger charge is 2.33. The molecule has 31 heavy (non-hydrogen) atoms. The van der Waals surface area contributed by atoms with Crippen molar-refractivity contribution in [2.45, 2.75) is 19.0 Å². The predicted octanol–water partition coefficient (Wildman–Crippen LogP) is 3.82. The molecule has 0 saturated carbocycles. The minimum atomic E-state index is -0.191. The van der Waals surface area contributed by atoms with E-state index in [0.717, 1.165) is 33.6 Å². The van der Waals surface area contributed by atoms with Crippen LogP contribution in [0, 0.1) is 0 Å².